The average molecular weight is 333 g/mol. The first-order valence-electron chi connectivity index (χ1n) is 7.93. The highest BCUT2D eigenvalue weighted by molar-refractivity contribution is 5.96. The Balaban J connectivity index is 2.02. The number of methoxy groups -OCH3 is 1. The molecule has 0 amide bonds. The van der Waals surface area contributed by atoms with Gasteiger partial charge in [0.25, 0.3) is 0 Å². The number of rotatable bonds is 5. The summed E-state index contributed by atoms with van der Waals surface area (Å²) in [6, 6.07) is 20.8. The third kappa shape index (κ3) is 3.63. The summed E-state index contributed by atoms with van der Waals surface area (Å²) in [6.45, 7) is 1.95. The molecule has 25 heavy (non-hydrogen) atoms. The van der Waals surface area contributed by atoms with E-state index >= 15 is 0 Å². The predicted molar refractivity (Wildman–Crippen MR) is 99.9 cm³/mol. The molecule has 2 N–H and O–H groups in total. The fourth-order valence-corrected chi connectivity index (χ4v) is 2.69. The number of nitrogens with one attached hydrogen (secondary N) is 1. The summed E-state index contributed by atoms with van der Waals surface area (Å²) in [4.78, 5) is 11.6. The Morgan fingerprint density at radius 3 is 2.32 bits per heavy atom. The molecule has 3 aromatic carbocycles. The zero-order valence-corrected chi connectivity index (χ0v) is 14.1. The minimum atomic E-state index is -0.965. The van der Waals surface area contributed by atoms with Crippen molar-refractivity contribution in [3.8, 4) is 16.9 Å². The van der Waals surface area contributed by atoms with Crippen molar-refractivity contribution in [3.05, 3.63) is 77.9 Å². The first kappa shape index (κ1) is 16.6. The van der Waals surface area contributed by atoms with Gasteiger partial charge in [0.15, 0.2) is 0 Å². The Labute approximate surface area is 146 Å². The van der Waals surface area contributed by atoms with Gasteiger partial charge in [0, 0.05) is 5.69 Å². The summed E-state index contributed by atoms with van der Waals surface area (Å²) >= 11 is 0. The van der Waals surface area contributed by atoms with Crippen molar-refractivity contribution in [1.82, 2.24) is 0 Å². The number of ether oxygens (including phenoxy) is 1. The lowest BCUT2D eigenvalue weighted by molar-refractivity contribution is 0.0698. The highest BCUT2D eigenvalue weighted by Gasteiger charge is 2.13. The van der Waals surface area contributed by atoms with E-state index in [1.807, 2.05) is 67.6 Å². The van der Waals surface area contributed by atoms with Gasteiger partial charge in [-0.25, -0.2) is 4.79 Å². The van der Waals surface area contributed by atoms with Crippen LogP contribution in [0.1, 0.15) is 15.9 Å². The second-order valence-corrected chi connectivity index (χ2v) is 5.74. The molecule has 126 valence electrons. The second kappa shape index (κ2) is 7.09. The van der Waals surface area contributed by atoms with Crippen molar-refractivity contribution in [2.24, 2.45) is 0 Å². The molecular weight excluding hydrogens is 314 g/mol. The van der Waals surface area contributed by atoms with Crippen LogP contribution in [0.4, 0.5) is 11.4 Å². The molecule has 0 aliphatic heterocycles. The van der Waals surface area contributed by atoms with Crippen LogP contribution < -0.4 is 10.1 Å². The molecule has 0 unspecified atom stereocenters. The summed E-state index contributed by atoms with van der Waals surface area (Å²) < 4.78 is 5.22. The lowest BCUT2D eigenvalue weighted by atomic mass is 10.0. The third-order valence-corrected chi connectivity index (χ3v) is 4.06. The fraction of sp³-hybridized carbons (Fsp3) is 0.0952. The van der Waals surface area contributed by atoms with Gasteiger partial charge in [-0.15, -0.1) is 0 Å². The second-order valence-electron chi connectivity index (χ2n) is 5.74. The number of carboxylic acids is 1. The van der Waals surface area contributed by atoms with Crippen LogP contribution in [-0.4, -0.2) is 18.2 Å². The Bertz CT molecular complexity index is 904. The fourth-order valence-electron chi connectivity index (χ4n) is 2.69. The molecule has 0 radical (unpaired) electrons. The van der Waals surface area contributed by atoms with Crippen molar-refractivity contribution >= 4 is 17.3 Å². The van der Waals surface area contributed by atoms with Gasteiger partial charge in [-0.3, -0.25) is 0 Å². The van der Waals surface area contributed by atoms with E-state index in [9.17, 15) is 9.90 Å². The summed E-state index contributed by atoms with van der Waals surface area (Å²) in [5.74, 6) is -0.201. The van der Waals surface area contributed by atoms with Crippen molar-refractivity contribution in [1.29, 1.82) is 0 Å². The number of aromatic carboxylic acids is 1. The van der Waals surface area contributed by atoms with E-state index in [1.54, 1.807) is 13.2 Å². The zero-order valence-electron chi connectivity index (χ0n) is 14.1. The molecule has 3 rings (SSSR count). The molecule has 3 aromatic rings. The minimum Gasteiger partial charge on any atom is -0.497 e. The maximum absolute atomic E-state index is 11.6. The van der Waals surface area contributed by atoms with E-state index in [1.165, 1.54) is 0 Å². The van der Waals surface area contributed by atoms with Gasteiger partial charge in [0.1, 0.15) is 5.75 Å². The topological polar surface area (TPSA) is 58.6 Å². The molecule has 0 bridgehead atoms. The maximum Gasteiger partial charge on any atom is 0.337 e. The molecule has 0 atom stereocenters. The van der Waals surface area contributed by atoms with E-state index in [0.29, 0.717) is 5.69 Å². The summed E-state index contributed by atoms with van der Waals surface area (Å²) in [7, 11) is 1.62. The van der Waals surface area contributed by atoms with Crippen LogP contribution in [0.15, 0.2) is 66.7 Å². The average Bonchev–Trinajstić information content (AvgIpc) is 2.63. The number of carbonyl (C=O) groups is 1. The standard InChI is InChI=1S/C21H19NO3/c1-14-12-17(25-2)9-11-19(14)22-20-13-16(8-10-18(20)21(23)24)15-6-4-3-5-7-15/h3-13,22H,1-2H3,(H,23,24). The Kier molecular flexibility index (Phi) is 4.70. The highest BCUT2D eigenvalue weighted by Crippen LogP contribution is 2.30. The maximum atomic E-state index is 11.6. The van der Waals surface area contributed by atoms with Crippen molar-refractivity contribution < 1.29 is 14.6 Å². The third-order valence-electron chi connectivity index (χ3n) is 4.06. The number of aryl methyl sites for hydroxylation is 1. The number of hydrogen-bond donors (Lipinski definition) is 2. The smallest absolute Gasteiger partial charge is 0.337 e. The number of benzene rings is 3. The Morgan fingerprint density at radius 1 is 0.920 bits per heavy atom. The highest BCUT2D eigenvalue weighted by atomic mass is 16.5. The van der Waals surface area contributed by atoms with Crippen LogP contribution in [0.25, 0.3) is 11.1 Å². The first-order valence-corrected chi connectivity index (χ1v) is 7.93. The predicted octanol–water partition coefficient (Wildman–Crippen LogP) is 5.11. The lowest BCUT2D eigenvalue weighted by Crippen LogP contribution is -2.04. The van der Waals surface area contributed by atoms with Crippen LogP contribution in [0.3, 0.4) is 0 Å². The van der Waals surface area contributed by atoms with Gasteiger partial charge in [-0.2, -0.15) is 0 Å². The van der Waals surface area contributed by atoms with Crippen LogP contribution in [0.5, 0.6) is 5.75 Å². The summed E-state index contributed by atoms with van der Waals surface area (Å²) in [5, 5.41) is 12.7. The molecule has 0 aliphatic carbocycles. The van der Waals surface area contributed by atoms with Crippen LogP contribution in [0, 0.1) is 6.92 Å². The zero-order chi connectivity index (χ0) is 17.8. The lowest BCUT2D eigenvalue weighted by Gasteiger charge is -2.14. The molecule has 0 spiro atoms. The molecule has 0 fully saturated rings. The van der Waals surface area contributed by atoms with Crippen LogP contribution in [-0.2, 0) is 0 Å². The normalized spacial score (nSPS) is 10.3. The largest absolute Gasteiger partial charge is 0.497 e. The summed E-state index contributed by atoms with van der Waals surface area (Å²) in [6.07, 6.45) is 0. The molecule has 0 saturated carbocycles. The van der Waals surface area contributed by atoms with Gasteiger partial charge < -0.3 is 15.2 Å². The minimum absolute atomic E-state index is 0.231. The van der Waals surface area contributed by atoms with Crippen LogP contribution in [0.2, 0.25) is 0 Å². The quantitative estimate of drug-likeness (QED) is 0.681. The van der Waals surface area contributed by atoms with Crippen molar-refractivity contribution in [2.75, 3.05) is 12.4 Å². The molecule has 4 heteroatoms. The number of carboxylic acid groups (broad SMARTS) is 1. The Hall–Kier alpha value is -3.27. The van der Waals surface area contributed by atoms with E-state index < -0.39 is 5.97 Å². The van der Waals surface area contributed by atoms with E-state index in [2.05, 4.69) is 5.32 Å². The molecule has 4 nitrogen and oxygen atoms in total. The molecule has 0 heterocycles. The van der Waals surface area contributed by atoms with E-state index in [-0.39, 0.29) is 5.56 Å². The van der Waals surface area contributed by atoms with Gasteiger partial charge in [-0.1, -0.05) is 36.4 Å². The molecule has 0 saturated heterocycles. The first-order chi connectivity index (χ1) is 12.1. The Morgan fingerprint density at radius 2 is 1.68 bits per heavy atom. The van der Waals surface area contributed by atoms with Gasteiger partial charge >= 0.3 is 5.97 Å². The SMILES string of the molecule is COc1ccc(Nc2cc(-c3ccccc3)ccc2C(=O)O)c(C)c1. The molecular formula is C21H19NO3. The van der Waals surface area contributed by atoms with E-state index in [4.69, 9.17) is 4.74 Å². The van der Waals surface area contributed by atoms with Crippen molar-refractivity contribution in [2.45, 2.75) is 6.92 Å². The number of anilines is 2. The monoisotopic (exact) mass is 333 g/mol. The van der Waals surface area contributed by atoms with Crippen LogP contribution >= 0.6 is 0 Å². The van der Waals surface area contributed by atoms with Gasteiger partial charge in [0.2, 0.25) is 0 Å². The van der Waals surface area contributed by atoms with E-state index in [0.717, 1.165) is 28.1 Å². The molecule has 0 aliphatic rings. The van der Waals surface area contributed by atoms with Gasteiger partial charge in [-0.05, 0) is 53.9 Å². The summed E-state index contributed by atoms with van der Waals surface area (Å²) in [5.41, 5.74) is 4.60. The van der Waals surface area contributed by atoms with Crippen molar-refractivity contribution in [3.63, 3.8) is 0 Å². The molecule has 0 aromatic heterocycles. The number of hydrogen-bond acceptors (Lipinski definition) is 3. The van der Waals surface area contributed by atoms with Gasteiger partial charge in [0.05, 0.1) is 18.4 Å².